The molecular formula is C9H13F3N2. The molecule has 0 N–H and O–H groups in total. The van der Waals surface area contributed by atoms with Crippen LogP contribution in [0.15, 0.2) is 0 Å². The first-order chi connectivity index (χ1) is 6.38. The van der Waals surface area contributed by atoms with E-state index in [0.717, 1.165) is 0 Å². The number of hydrogen-bond donors (Lipinski definition) is 0. The Morgan fingerprint density at radius 2 is 2.00 bits per heavy atom. The van der Waals surface area contributed by atoms with E-state index < -0.39 is 18.1 Å². The van der Waals surface area contributed by atoms with Gasteiger partial charge in [0.05, 0.1) is 12.0 Å². The fourth-order valence-corrected chi connectivity index (χ4v) is 2.11. The molecule has 0 aromatic rings. The Morgan fingerprint density at radius 3 is 2.36 bits per heavy atom. The summed E-state index contributed by atoms with van der Waals surface area (Å²) in [5.41, 5.74) is 0. The predicted octanol–water partition coefficient (Wildman–Crippen LogP) is 2.38. The Morgan fingerprint density at radius 1 is 1.43 bits per heavy atom. The van der Waals surface area contributed by atoms with Gasteiger partial charge in [0.15, 0.2) is 6.19 Å². The summed E-state index contributed by atoms with van der Waals surface area (Å²) in [5, 5.41) is 8.68. The third-order valence-corrected chi connectivity index (χ3v) is 2.69. The van der Waals surface area contributed by atoms with Crippen molar-refractivity contribution in [2.75, 3.05) is 6.54 Å². The molecular weight excluding hydrogens is 193 g/mol. The number of alkyl halides is 3. The first kappa shape index (κ1) is 11.2. The molecule has 0 saturated carbocycles. The molecule has 2 atom stereocenters. The molecule has 0 aromatic heterocycles. The van der Waals surface area contributed by atoms with Crippen LogP contribution < -0.4 is 0 Å². The van der Waals surface area contributed by atoms with Crippen molar-refractivity contribution in [3.63, 3.8) is 0 Å². The standard InChI is InChI=1S/C9H13F3N2/c1-6(2)8-7(9(10,11)12)3-4-14(8)5-13/h6-8H,3-4H2,1-2H3. The van der Waals surface area contributed by atoms with Crippen molar-refractivity contribution >= 4 is 0 Å². The summed E-state index contributed by atoms with van der Waals surface area (Å²) in [5.74, 6) is -1.49. The lowest BCUT2D eigenvalue weighted by Crippen LogP contribution is -2.40. The molecule has 0 amide bonds. The van der Waals surface area contributed by atoms with Gasteiger partial charge in [-0.05, 0) is 12.3 Å². The molecule has 1 aliphatic heterocycles. The van der Waals surface area contributed by atoms with E-state index in [4.69, 9.17) is 5.26 Å². The maximum atomic E-state index is 12.5. The van der Waals surface area contributed by atoms with E-state index in [-0.39, 0.29) is 18.9 Å². The zero-order valence-electron chi connectivity index (χ0n) is 8.17. The molecule has 2 nitrogen and oxygen atoms in total. The Bertz CT molecular complexity index is 241. The van der Waals surface area contributed by atoms with Crippen molar-refractivity contribution in [3.05, 3.63) is 0 Å². The molecule has 80 valence electrons. The van der Waals surface area contributed by atoms with E-state index in [2.05, 4.69) is 0 Å². The second-order valence-electron chi connectivity index (χ2n) is 3.96. The Balaban J connectivity index is 2.85. The number of halogens is 3. The minimum Gasteiger partial charge on any atom is -0.307 e. The molecule has 1 rings (SSSR count). The van der Waals surface area contributed by atoms with Gasteiger partial charge in [0, 0.05) is 6.54 Å². The van der Waals surface area contributed by atoms with Gasteiger partial charge in [0.25, 0.3) is 0 Å². The monoisotopic (exact) mass is 206 g/mol. The Labute approximate surface area is 81.3 Å². The van der Waals surface area contributed by atoms with Gasteiger partial charge in [-0.3, -0.25) is 0 Å². The topological polar surface area (TPSA) is 27.0 Å². The third kappa shape index (κ3) is 1.94. The maximum absolute atomic E-state index is 12.5. The van der Waals surface area contributed by atoms with Crippen LogP contribution in [0.25, 0.3) is 0 Å². The van der Waals surface area contributed by atoms with E-state index in [9.17, 15) is 13.2 Å². The van der Waals surface area contributed by atoms with Gasteiger partial charge in [0.1, 0.15) is 0 Å². The van der Waals surface area contributed by atoms with Gasteiger partial charge in [-0.25, -0.2) is 0 Å². The SMILES string of the molecule is CC(C)C1C(C(F)(F)F)CCN1C#N. The molecule has 14 heavy (non-hydrogen) atoms. The normalized spacial score (nSPS) is 28.2. The Kier molecular flexibility index (Phi) is 2.93. The predicted molar refractivity (Wildman–Crippen MR) is 45.1 cm³/mol. The van der Waals surface area contributed by atoms with Crippen LogP contribution in [-0.2, 0) is 0 Å². The molecule has 0 spiro atoms. The summed E-state index contributed by atoms with van der Waals surface area (Å²) < 4.78 is 37.6. The summed E-state index contributed by atoms with van der Waals surface area (Å²) in [6, 6.07) is -0.681. The minimum atomic E-state index is -4.18. The second kappa shape index (κ2) is 3.68. The van der Waals surface area contributed by atoms with Crippen LogP contribution >= 0.6 is 0 Å². The minimum absolute atomic E-state index is 0.0416. The van der Waals surface area contributed by atoms with Crippen molar-refractivity contribution < 1.29 is 13.2 Å². The fraction of sp³-hybridized carbons (Fsp3) is 0.889. The quantitative estimate of drug-likeness (QED) is 0.616. The second-order valence-corrected chi connectivity index (χ2v) is 3.96. The first-order valence-corrected chi connectivity index (χ1v) is 4.61. The first-order valence-electron chi connectivity index (χ1n) is 4.61. The molecule has 5 heteroatoms. The highest BCUT2D eigenvalue weighted by molar-refractivity contribution is 4.97. The van der Waals surface area contributed by atoms with E-state index in [1.54, 1.807) is 13.8 Å². The van der Waals surface area contributed by atoms with Gasteiger partial charge in [0.2, 0.25) is 0 Å². The number of nitrogens with zero attached hydrogens (tertiary/aromatic N) is 2. The van der Waals surface area contributed by atoms with Gasteiger partial charge in [-0.15, -0.1) is 0 Å². The number of likely N-dealkylation sites (tertiary alicyclic amines) is 1. The number of nitriles is 1. The van der Waals surface area contributed by atoms with Crippen molar-refractivity contribution in [2.24, 2.45) is 11.8 Å². The van der Waals surface area contributed by atoms with Crippen LogP contribution in [-0.4, -0.2) is 23.7 Å². The summed E-state index contributed by atoms with van der Waals surface area (Å²) in [7, 11) is 0. The lowest BCUT2D eigenvalue weighted by Gasteiger charge is -2.28. The van der Waals surface area contributed by atoms with Gasteiger partial charge < -0.3 is 4.90 Å². The molecule has 0 bridgehead atoms. The van der Waals surface area contributed by atoms with E-state index in [1.807, 2.05) is 6.19 Å². The lowest BCUT2D eigenvalue weighted by atomic mass is 9.91. The van der Waals surface area contributed by atoms with E-state index in [0.29, 0.717) is 0 Å². The van der Waals surface area contributed by atoms with Crippen molar-refractivity contribution in [1.82, 2.24) is 4.90 Å². The summed E-state index contributed by atoms with van der Waals surface area (Å²) in [6.45, 7) is 3.67. The van der Waals surface area contributed by atoms with Crippen molar-refractivity contribution in [1.29, 1.82) is 5.26 Å². The highest BCUT2D eigenvalue weighted by Gasteiger charge is 2.51. The Hall–Kier alpha value is -0.920. The van der Waals surface area contributed by atoms with E-state index >= 15 is 0 Å². The molecule has 0 aliphatic carbocycles. The van der Waals surface area contributed by atoms with Crippen LogP contribution in [0.3, 0.4) is 0 Å². The summed E-state index contributed by atoms with van der Waals surface area (Å²) in [6.07, 6.45) is -2.31. The van der Waals surface area contributed by atoms with Gasteiger partial charge in [-0.1, -0.05) is 13.8 Å². The molecule has 0 aromatic carbocycles. The van der Waals surface area contributed by atoms with Gasteiger partial charge in [-0.2, -0.15) is 18.4 Å². The maximum Gasteiger partial charge on any atom is 0.393 e. The average molecular weight is 206 g/mol. The van der Waals surface area contributed by atoms with Crippen molar-refractivity contribution in [2.45, 2.75) is 32.5 Å². The highest BCUT2D eigenvalue weighted by Crippen LogP contribution is 2.40. The fourth-order valence-electron chi connectivity index (χ4n) is 2.11. The van der Waals surface area contributed by atoms with Crippen LogP contribution in [0.2, 0.25) is 0 Å². The van der Waals surface area contributed by atoms with Crippen LogP contribution in [0.5, 0.6) is 0 Å². The van der Waals surface area contributed by atoms with Crippen LogP contribution in [0.1, 0.15) is 20.3 Å². The summed E-state index contributed by atoms with van der Waals surface area (Å²) >= 11 is 0. The molecule has 0 radical (unpaired) electrons. The van der Waals surface area contributed by atoms with Gasteiger partial charge >= 0.3 is 6.18 Å². The molecule has 1 fully saturated rings. The highest BCUT2D eigenvalue weighted by atomic mass is 19.4. The zero-order valence-corrected chi connectivity index (χ0v) is 8.17. The molecule has 1 aliphatic rings. The molecule has 1 heterocycles. The van der Waals surface area contributed by atoms with Crippen LogP contribution in [0, 0.1) is 23.3 Å². The zero-order chi connectivity index (χ0) is 10.9. The number of rotatable bonds is 1. The molecule has 2 unspecified atom stereocenters. The third-order valence-electron chi connectivity index (χ3n) is 2.69. The number of hydrogen-bond acceptors (Lipinski definition) is 2. The van der Waals surface area contributed by atoms with Crippen molar-refractivity contribution in [3.8, 4) is 6.19 Å². The average Bonchev–Trinajstić information content (AvgIpc) is 2.45. The smallest absolute Gasteiger partial charge is 0.307 e. The lowest BCUT2D eigenvalue weighted by molar-refractivity contribution is -0.182. The molecule has 1 saturated heterocycles. The largest absolute Gasteiger partial charge is 0.393 e. The van der Waals surface area contributed by atoms with E-state index in [1.165, 1.54) is 4.90 Å². The van der Waals surface area contributed by atoms with Crippen LogP contribution in [0.4, 0.5) is 13.2 Å². The summed E-state index contributed by atoms with van der Waals surface area (Å²) in [4.78, 5) is 1.25.